The third kappa shape index (κ3) is 77.9. The lowest BCUT2D eigenvalue weighted by Crippen LogP contribution is -2.30. The Morgan fingerprint density at radius 2 is 0.500 bits per heavy atom. The Morgan fingerprint density at radius 3 is 0.821 bits per heavy atom. The molecule has 0 saturated carbocycles. The molecule has 0 rings (SSSR count). The molecular formula is C87H152O17P2. The Labute approximate surface area is 645 Å². The fraction of sp³-hybridized carbons (Fsp3) is 0.747. The summed E-state index contributed by atoms with van der Waals surface area (Å²) in [7, 11) is -9.98. The number of carbonyl (C=O) groups is 4. The molecule has 5 atom stereocenters. The second-order valence-corrected chi connectivity index (χ2v) is 30.9. The first-order chi connectivity index (χ1) is 51.7. The van der Waals surface area contributed by atoms with Gasteiger partial charge >= 0.3 is 39.5 Å². The van der Waals surface area contributed by atoms with E-state index in [0.29, 0.717) is 32.1 Å². The first-order valence-corrected chi connectivity index (χ1v) is 45.1. The van der Waals surface area contributed by atoms with E-state index in [0.717, 1.165) is 154 Å². The molecule has 0 aliphatic rings. The molecule has 19 heteroatoms. The lowest BCUT2D eigenvalue weighted by atomic mass is 10.0. The number of phosphoric ester groups is 2. The van der Waals surface area contributed by atoms with Crippen molar-refractivity contribution < 1.29 is 80.2 Å². The third-order valence-electron chi connectivity index (χ3n) is 17.7. The number of ether oxygens (including phenoxy) is 4. The quantitative estimate of drug-likeness (QED) is 0.0169. The average molecular weight is 1530 g/mol. The molecule has 0 spiro atoms. The monoisotopic (exact) mass is 1530 g/mol. The minimum absolute atomic E-state index is 0.0127. The van der Waals surface area contributed by atoms with E-state index in [2.05, 4.69) is 125 Å². The van der Waals surface area contributed by atoms with Crippen molar-refractivity contribution >= 4 is 39.5 Å². The first-order valence-electron chi connectivity index (χ1n) is 42.1. The summed E-state index contributed by atoms with van der Waals surface area (Å²) in [6, 6.07) is 0. The molecule has 5 unspecified atom stereocenters. The molecule has 17 nitrogen and oxygen atoms in total. The maximum atomic E-state index is 13.1. The number of unbranched alkanes of at least 4 members (excludes halogenated alkanes) is 35. The minimum Gasteiger partial charge on any atom is -0.462 e. The van der Waals surface area contributed by atoms with Crippen LogP contribution in [0.25, 0.3) is 0 Å². The van der Waals surface area contributed by atoms with Crippen molar-refractivity contribution in [3.8, 4) is 0 Å². The third-order valence-corrected chi connectivity index (χ3v) is 19.6. The van der Waals surface area contributed by atoms with Gasteiger partial charge < -0.3 is 33.8 Å². The van der Waals surface area contributed by atoms with Crippen LogP contribution < -0.4 is 0 Å². The summed E-state index contributed by atoms with van der Waals surface area (Å²) in [5.41, 5.74) is 0. The number of phosphoric acid groups is 2. The van der Waals surface area contributed by atoms with E-state index in [-0.39, 0.29) is 25.7 Å². The van der Waals surface area contributed by atoms with Gasteiger partial charge in [0.1, 0.15) is 19.3 Å². The van der Waals surface area contributed by atoms with Crippen molar-refractivity contribution in [2.24, 2.45) is 0 Å². The van der Waals surface area contributed by atoms with Gasteiger partial charge in [-0.15, -0.1) is 0 Å². The number of hydrogen-bond donors (Lipinski definition) is 3. The summed E-state index contributed by atoms with van der Waals surface area (Å²) < 4.78 is 68.7. The second-order valence-electron chi connectivity index (χ2n) is 28.0. The SMILES string of the molecule is CC/C=C\C/C=C\C/C=C\C/C=C\C/C=C\CCCC(=O)OC(COC(=O)CCCCCCCC/C=C\C/C=C\C/C=C\CCCCC)COP(=O)(O)OCC(O)COP(=O)(O)OCC(COC(=O)CCCCCCC/C=C\CCCCCCCC)OC(=O)CCCCCCCCCCCCCCCCC. The number of aliphatic hydroxyl groups is 1. The average Bonchev–Trinajstić information content (AvgIpc) is 0.907. The van der Waals surface area contributed by atoms with Gasteiger partial charge in [0.25, 0.3) is 0 Å². The topological polar surface area (TPSA) is 237 Å². The Bertz CT molecular complexity index is 2430. The highest BCUT2D eigenvalue weighted by Crippen LogP contribution is 2.45. The number of esters is 4. The van der Waals surface area contributed by atoms with E-state index in [1.165, 1.54) is 122 Å². The molecule has 0 aromatic carbocycles. The predicted octanol–water partition coefficient (Wildman–Crippen LogP) is 24.9. The first kappa shape index (κ1) is 102. The lowest BCUT2D eigenvalue weighted by molar-refractivity contribution is -0.161. The van der Waals surface area contributed by atoms with Crippen LogP contribution in [0.3, 0.4) is 0 Å². The maximum Gasteiger partial charge on any atom is 0.472 e. The van der Waals surface area contributed by atoms with Crippen molar-refractivity contribution in [3.63, 3.8) is 0 Å². The van der Waals surface area contributed by atoms with E-state index < -0.39 is 97.5 Å². The molecule has 0 amide bonds. The fourth-order valence-electron chi connectivity index (χ4n) is 11.3. The molecule has 612 valence electrons. The maximum absolute atomic E-state index is 13.1. The van der Waals surface area contributed by atoms with Gasteiger partial charge in [0.05, 0.1) is 26.4 Å². The molecule has 0 radical (unpaired) electrons. The number of aliphatic hydroxyl groups excluding tert-OH is 1. The van der Waals surface area contributed by atoms with Gasteiger partial charge in [-0.25, -0.2) is 9.13 Å². The highest BCUT2D eigenvalue weighted by Gasteiger charge is 2.30. The summed E-state index contributed by atoms with van der Waals surface area (Å²) >= 11 is 0. The largest absolute Gasteiger partial charge is 0.472 e. The fourth-order valence-corrected chi connectivity index (χ4v) is 12.9. The van der Waals surface area contributed by atoms with Crippen molar-refractivity contribution in [2.45, 2.75) is 380 Å². The van der Waals surface area contributed by atoms with Crippen molar-refractivity contribution in [2.75, 3.05) is 39.6 Å². The van der Waals surface area contributed by atoms with Crippen LogP contribution in [0.15, 0.2) is 109 Å². The zero-order valence-electron chi connectivity index (χ0n) is 67.1. The summed E-state index contributed by atoms with van der Waals surface area (Å²) in [5, 5.41) is 10.7. The molecule has 106 heavy (non-hydrogen) atoms. The van der Waals surface area contributed by atoms with E-state index in [4.69, 9.17) is 37.0 Å². The summed E-state index contributed by atoms with van der Waals surface area (Å²) in [6.07, 6.45) is 86.3. The highest BCUT2D eigenvalue weighted by atomic mass is 31.2. The van der Waals surface area contributed by atoms with Gasteiger partial charge in [0.2, 0.25) is 0 Å². The van der Waals surface area contributed by atoms with Crippen LogP contribution in [0.4, 0.5) is 0 Å². The van der Waals surface area contributed by atoms with Gasteiger partial charge in [-0.2, -0.15) is 0 Å². The van der Waals surface area contributed by atoms with Crippen LogP contribution in [0.2, 0.25) is 0 Å². The molecule has 0 aromatic heterocycles. The van der Waals surface area contributed by atoms with Crippen LogP contribution in [0, 0.1) is 0 Å². The van der Waals surface area contributed by atoms with Gasteiger partial charge in [-0.05, 0) is 128 Å². The van der Waals surface area contributed by atoms with E-state index >= 15 is 0 Å². The van der Waals surface area contributed by atoms with Crippen molar-refractivity contribution in [3.05, 3.63) is 109 Å². The molecule has 0 saturated heterocycles. The lowest BCUT2D eigenvalue weighted by Gasteiger charge is -2.21. The summed E-state index contributed by atoms with van der Waals surface area (Å²) in [4.78, 5) is 73.2. The Balaban J connectivity index is 5.42. The highest BCUT2D eigenvalue weighted by molar-refractivity contribution is 7.47. The predicted molar refractivity (Wildman–Crippen MR) is 436 cm³/mol. The van der Waals surface area contributed by atoms with Crippen molar-refractivity contribution in [1.29, 1.82) is 0 Å². The number of rotatable bonds is 79. The molecule has 0 aliphatic carbocycles. The van der Waals surface area contributed by atoms with Crippen molar-refractivity contribution in [1.82, 2.24) is 0 Å². The molecule has 0 heterocycles. The Kier molecular flexibility index (Phi) is 75.6. The minimum atomic E-state index is -5.00. The number of hydrogen-bond acceptors (Lipinski definition) is 15. The van der Waals surface area contributed by atoms with E-state index in [9.17, 15) is 43.2 Å². The smallest absolute Gasteiger partial charge is 0.462 e. The molecule has 0 bridgehead atoms. The zero-order chi connectivity index (χ0) is 77.4. The standard InChI is InChI=1S/C87H152O17P2/c1-5-9-13-17-21-25-29-33-37-39-40-42-45-48-52-56-60-64-68-72-85(90)98-78-83(104-87(92)74-70-66-62-58-54-50-46-41-38-34-30-26-22-18-14-10-6-2)80-102-106(95,96)100-76-81(88)75-99-105(93,94)101-79-82(103-86(91)73-69-65-61-57-53-49-44-36-32-28-24-20-16-12-8-4)77-97-84(89)71-67-63-59-55-51-47-43-35-31-27-23-19-15-11-7-3/h10,14,21-22,25-26,33-35,37-38,40,42-43,46,50,58,62,81-83,88H,5-9,11-13,15-20,23-24,27-32,36,39,41,44-45,47-49,51-57,59-61,63-80H2,1-4H3,(H,93,94)(H,95,96)/b14-10-,25-21-,26-22-,37-33-,38-34-,42-40-,43-35-,50-46-,62-58-. The molecule has 0 aliphatic heterocycles. The Hall–Kier alpha value is -4.28. The van der Waals surface area contributed by atoms with Crippen LogP contribution >= 0.6 is 15.6 Å². The van der Waals surface area contributed by atoms with Crippen LogP contribution in [0.1, 0.15) is 362 Å². The molecule has 3 N–H and O–H groups in total. The number of allylic oxidation sites excluding steroid dienone is 18. The summed E-state index contributed by atoms with van der Waals surface area (Å²) in [5.74, 6) is -2.25. The zero-order valence-corrected chi connectivity index (χ0v) is 68.9. The van der Waals surface area contributed by atoms with Gasteiger partial charge in [0, 0.05) is 25.7 Å². The van der Waals surface area contributed by atoms with Crippen LogP contribution in [0.5, 0.6) is 0 Å². The normalized spacial score (nSPS) is 14.4. The van der Waals surface area contributed by atoms with Crippen LogP contribution in [-0.4, -0.2) is 96.7 Å². The van der Waals surface area contributed by atoms with E-state index in [1.807, 2.05) is 12.2 Å². The number of carbonyl (C=O) groups excluding carboxylic acids is 4. The molecule has 0 fully saturated rings. The van der Waals surface area contributed by atoms with Gasteiger partial charge in [0.15, 0.2) is 12.2 Å². The van der Waals surface area contributed by atoms with Crippen LogP contribution in [-0.2, 0) is 65.4 Å². The van der Waals surface area contributed by atoms with E-state index in [1.54, 1.807) is 0 Å². The van der Waals surface area contributed by atoms with Gasteiger partial charge in [-0.3, -0.25) is 37.3 Å². The van der Waals surface area contributed by atoms with Gasteiger partial charge in [-0.1, -0.05) is 317 Å². The summed E-state index contributed by atoms with van der Waals surface area (Å²) in [6.45, 7) is 4.70. The Morgan fingerprint density at radius 1 is 0.274 bits per heavy atom. The molecular weight excluding hydrogens is 1380 g/mol. The second kappa shape index (κ2) is 78.8. The molecule has 0 aromatic rings.